The molecule has 2 saturated heterocycles. The second kappa shape index (κ2) is 7.12. The second-order valence-corrected chi connectivity index (χ2v) is 6.87. The van der Waals surface area contributed by atoms with E-state index >= 15 is 0 Å². The first-order valence-corrected chi connectivity index (χ1v) is 9.10. The maximum absolute atomic E-state index is 13.2. The molecule has 0 saturated carbocycles. The zero-order valence-electron chi connectivity index (χ0n) is 15.7. The maximum Gasteiger partial charge on any atom is 0.269 e. The van der Waals surface area contributed by atoms with E-state index in [-0.39, 0.29) is 23.8 Å². The molecule has 2 heterocycles. The Balaban J connectivity index is 1.77. The van der Waals surface area contributed by atoms with Crippen LogP contribution in [-0.2, 0) is 4.79 Å². The van der Waals surface area contributed by atoms with Gasteiger partial charge in [-0.3, -0.25) is 24.7 Å². The number of carbonyl (C=O) groups is 1. The summed E-state index contributed by atoms with van der Waals surface area (Å²) in [6, 6.07) is 11.6. The molecule has 4 rings (SSSR count). The molecule has 8 nitrogen and oxygen atoms in total. The van der Waals surface area contributed by atoms with Crippen LogP contribution >= 0.6 is 0 Å². The normalized spacial score (nSPS) is 21.6. The molecule has 0 bridgehead atoms. The number of hydrogen-bond acceptors (Lipinski definition) is 6. The topological polar surface area (TPSA) is 85.2 Å². The number of amides is 1. The summed E-state index contributed by atoms with van der Waals surface area (Å²) < 4.78 is 10.8. The van der Waals surface area contributed by atoms with Crippen molar-refractivity contribution in [3.8, 4) is 11.5 Å². The lowest BCUT2D eigenvalue weighted by Gasteiger charge is -2.30. The van der Waals surface area contributed by atoms with Gasteiger partial charge in [-0.25, -0.2) is 0 Å². The van der Waals surface area contributed by atoms with Gasteiger partial charge in [0.15, 0.2) is 11.5 Å². The van der Waals surface area contributed by atoms with Gasteiger partial charge in [0.2, 0.25) is 5.91 Å². The van der Waals surface area contributed by atoms with Gasteiger partial charge in [0.25, 0.3) is 5.69 Å². The summed E-state index contributed by atoms with van der Waals surface area (Å²) in [7, 11) is 3.16. The van der Waals surface area contributed by atoms with E-state index in [1.807, 2.05) is 18.2 Å². The average Bonchev–Trinajstić information content (AvgIpc) is 3.29. The number of benzene rings is 2. The van der Waals surface area contributed by atoms with Crippen molar-refractivity contribution in [1.29, 1.82) is 0 Å². The van der Waals surface area contributed by atoms with Crippen molar-refractivity contribution in [2.45, 2.75) is 25.0 Å². The fourth-order valence-electron chi connectivity index (χ4n) is 4.13. The standard InChI is InChI=1S/C20H21N3O5/c1-27-17-10-5-13(12-18(17)28-2)19-21-11-3-4-16(21)20(24)22(19)14-6-8-15(9-7-14)23(25)26/h5-10,12,16,19H,3-4,11H2,1-2H3/t16-,19+/m0/s1. The van der Waals surface area contributed by atoms with Gasteiger partial charge in [0.05, 0.1) is 25.2 Å². The Morgan fingerprint density at radius 2 is 1.79 bits per heavy atom. The minimum atomic E-state index is -0.445. The molecule has 2 atom stereocenters. The molecule has 8 heteroatoms. The molecule has 0 spiro atoms. The molecule has 0 radical (unpaired) electrons. The number of nitrogens with zero attached hydrogens (tertiary/aromatic N) is 3. The van der Waals surface area contributed by atoms with Crippen LogP contribution in [0.1, 0.15) is 24.6 Å². The molecule has 0 aromatic heterocycles. The van der Waals surface area contributed by atoms with E-state index in [1.54, 1.807) is 31.3 Å². The van der Waals surface area contributed by atoms with Crippen molar-refractivity contribution in [3.05, 3.63) is 58.1 Å². The Labute approximate surface area is 162 Å². The molecule has 2 aliphatic heterocycles. The van der Waals surface area contributed by atoms with Crippen molar-refractivity contribution in [2.75, 3.05) is 25.7 Å². The number of rotatable bonds is 5. The second-order valence-electron chi connectivity index (χ2n) is 6.87. The fourth-order valence-corrected chi connectivity index (χ4v) is 4.13. The number of ether oxygens (including phenoxy) is 2. The van der Waals surface area contributed by atoms with Crippen LogP contribution in [0.4, 0.5) is 11.4 Å². The Morgan fingerprint density at radius 1 is 1.07 bits per heavy atom. The van der Waals surface area contributed by atoms with Crippen LogP contribution in [0.3, 0.4) is 0 Å². The van der Waals surface area contributed by atoms with Gasteiger partial charge in [-0.15, -0.1) is 0 Å². The lowest BCUT2D eigenvalue weighted by Crippen LogP contribution is -2.32. The Morgan fingerprint density at radius 3 is 2.43 bits per heavy atom. The molecule has 0 unspecified atom stereocenters. The third-order valence-electron chi connectivity index (χ3n) is 5.42. The van der Waals surface area contributed by atoms with Crippen LogP contribution < -0.4 is 14.4 Å². The van der Waals surface area contributed by atoms with E-state index in [0.29, 0.717) is 17.2 Å². The molecule has 2 fully saturated rings. The first-order chi connectivity index (χ1) is 13.5. The highest BCUT2D eigenvalue weighted by Gasteiger charge is 2.49. The third-order valence-corrected chi connectivity index (χ3v) is 5.42. The minimum Gasteiger partial charge on any atom is -0.493 e. The molecule has 2 aliphatic rings. The van der Waals surface area contributed by atoms with Gasteiger partial charge in [0, 0.05) is 24.4 Å². The van der Waals surface area contributed by atoms with Crippen LogP contribution in [0.15, 0.2) is 42.5 Å². The average molecular weight is 383 g/mol. The van der Waals surface area contributed by atoms with Gasteiger partial charge in [-0.05, 0) is 42.7 Å². The quantitative estimate of drug-likeness (QED) is 0.583. The molecular formula is C20H21N3O5. The number of methoxy groups -OCH3 is 2. The number of anilines is 1. The summed E-state index contributed by atoms with van der Waals surface area (Å²) in [5.74, 6) is 1.24. The Hall–Kier alpha value is -3.13. The third kappa shape index (κ3) is 2.86. The highest BCUT2D eigenvalue weighted by Crippen LogP contribution is 2.44. The lowest BCUT2D eigenvalue weighted by molar-refractivity contribution is -0.384. The summed E-state index contributed by atoms with van der Waals surface area (Å²) in [5, 5.41) is 11.0. The zero-order chi connectivity index (χ0) is 19.8. The predicted octanol–water partition coefficient (Wildman–Crippen LogP) is 3.12. The van der Waals surface area contributed by atoms with Crippen molar-refractivity contribution in [3.63, 3.8) is 0 Å². The van der Waals surface area contributed by atoms with Crippen molar-refractivity contribution >= 4 is 17.3 Å². The lowest BCUT2D eigenvalue weighted by atomic mass is 10.1. The van der Waals surface area contributed by atoms with Gasteiger partial charge in [-0.2, -0.15) is 0 Å². The summed E-state index contributed by atoms with van der Waals surface area (Å²) in [4.78, 5) is 27.6. The van der Waals surface area contributed by atoms with E-state index in [1.165, 1.54) is 12.1 Å². The fraction of sp³-hybridized carbons (Fsp3) is 0.350. The summed E-state index contributed by atoms with van der Waals surface area (Å²) in [6.07, 6.45) is 1.49. The monoisotopic (exact) mass is 383 g/mol. The van der Waals surface area contributed by atoms with Crippen LogP contribution in [0.25, 0.3) is 0 Å². The number of nitro benzene ring substituents is 1. The highest BCUT2D eigenvalue weighted by molar-refractivity contribution is 6.00. The Bertz CT molecular complexity index is 915. The van der Waals surface area contributed by atoms with Crippen LogP contribution in [0.2, 0.25) is 0 Å². The smallest absolute Gasteiger partial charge is 0.269 e. The summed E-state index contributed by atoms with van der Waals surface area (Å²) in [5.41, 5.74) is 1.55. The first kappa shape index (κ1) is 18.2. The van der Waals surface area contributed by atoms with Crippen molar-refractivity contribution < 1.29 is 19.2 Å². The number of hydrogen-bond donors (Lipinski definition) is 0. The number of carbonyl (C=O) groups excluding carboxylic acids is 1. The molecule has 2 aromatic rings. The summed E-state index contributed by atoms with van der Waals surface area (Å²) in [6.45, 7) is 0.818. The molecular weight excluding hydrogens is 362 g/mol. The first-order valence-electron chi connectivity index (χ1n) is 9.10. The summed E-state index contributed by atoms with van der Waals surface area (Å²) >= 11 is 0. The largest absolute Gasteiger partial charge is 0.493 e. The van der Waals surface area contributed by atoms with E-state index in [9.17, 15) is 14.9 Å². The van der Waals surface area contributed by atoms with Gasteiger partial charge in [0.1, 0.15) is 6.17 Å². The van der Waals surface area contributed by atoms with Crippen LogP contribution in [0.5, 0.6) is 11.5 Å². The van der Waals surface area contributed by atoms with E-state index in [0.717, 1.165) is 24.9 Å². The predicted molar refractivity (Wildman–Crippen MR) is 103 cm³/mol. The van der Waals surface area contributed by atoms with Gasteiger partial charge >= 0.3 is 0 Å². The van der Waals surface area contributed by atoms with Crippen molar-refractivity contribution in [1.82, 2.24) is 4.90 Å². The highest BCUT2D eigenvalue weighted by atomic mass is 16.6. The molecule has 2 aromatic carbocycles. The molecule has 146 valence electrons. The zero-order valence-corrected chi connectivity index (χ0v) is 15.7. The number of fused-ring (bicyclic) bond motifs is 1. The molecule has 28 heavy (non-hydrogen) atoms. The van der Waals surface area contributed by atoms with Gasteiger partial charge < -0.3 is 9.47 Å². The van der Waals surface area contributed by atoms with Crippen molar-refractivity contribution in [2.24, 2.45) is 0 Å². The maximum atomic E-state index is 13.2. The van der Waals surface area contributed by atoms with E-state index < -0.39 is 4.92 Å². The Kier molecular flexibility index (Phi) is 4.64. The minimum absolute atomic E-state index is 0.00133. The van der Waals surface area contributed by atoms with E-state index in [4.69, 9.17) is 9.47 Å². The molecule has 0 aliphatic carbocycles. The van der Waals surface area contributed by atoms with Gasteiger partial charge in [-0.1, -0.05) is 6.07 Å². The SMILES string of the molecule is COc1ccc([C@H]2N(c3ccc([N+](=O)[O-])cc3)C(=O)[C@@H]3CCCN32)cc1OC. The molecule has 0 N–H and O–H groups in total. The van der Waals surface area contributed by atoms with E-state index in [2.05, 4.69) is 4.90 Å². The molecule has 1 amide bonds. The number of non-ortho nitro benzene ring substituents is 1. The van der Waals surface area contributed by atoms with Crippen LogP contribution in [-0.4, -0.2) is 42.5 Å². The number of nitro groups is 1. The van der Waals surface area contributed by atoms with Crippen LogP contribution in [0, 0.1) is 10.1 Å².